The molecule has 0 saturated heterocycles. The summed E-state index contributed by atoms with van der Waals surface area (Å²) in [6, 6.07) is 1.91. The molecule has 0 aromatic heterocycles. The van der Waals surface area contributed by atoms with Gasteiger partial charge in [-0.05, 0) is 24.9 Å². The predicted octanol–water partition coefficient (Wildman–Crippen LogP) is 1.88. The maximum absolute atomic E-state index is 10.8. The monoisotopic (exact) mass is 249 g/mol. The van der Waals surface area contributed by atoms with Gasteiger partial charge in [0, 0.05) is 20.8 Å². The number of rotatable bonds is 8. The Morgan fingerprint density at radius 2 is 1.81 bits per heavy atom. The lowest BCUT2D eigenvalue weighted by molar-refractivity contribution is 0.171. The minimum atomic E-state index is -1.95. The molecule has 0 unspecified atom stereocenters. The molecule has 0 heterocycles. The van der Waals surface area contributed by atoms with Crippen LogP contribution < -0.4 is 5.32 Å². The van der Waals surface area contributed by atoms with Crippen LogP contribution in [0.25, 0.3) is 0 Å². The summed E-state index contributed by atoms with van der Waals surface area (Å²) < 4.78 is 15.4. The highest BCUT2D eigenvalue weighted by atomic mass is 28.4. The van der Waals surface area contributed by atoms with Crippen LogP contribution in [-0.2, 0) is 13.6 Å². The van der Waals surface area contributed by atoms with E-state index in [2.05, 4.69) is 17.0 Å². The summed E-state index contributed by atoms with van der Waals surface area (Å²) in [7, 11) is 2.84. The van der Waals surface area contributed by atoms with Crippen molar-refractivity contribution in [2.75, 3.05) is 27.9 Å². The molecule has 0 spiro atoms. The van der Waals surface area contributed by atoms with Crippen molar-refractivity contribution in [3.63, 3.8) is 0 Å². The van der Waals surface area contributed by atoms with E-state index in [-0.39, 0.29) is 6.09 Å². The highest BCUT2D eigenvalue weighted by molar-refractivity contribution is 6.67. The predicted molar refractivity (Wildman–Crippen MR) is 64.7 cm³/mol. The molecule has 1 N–H and O–H groups in total. The molecule has 6 heteroatoms. The van der Waals surface area contributed by atoms with Gasteiger partial charge in [-0.2, -0.15) is 0 Å². The van der Waals surface area contributed by atoms with Gasteiger partial charge in [0.25, 0.3) is 0 Å². The number of carbonyl (C=O) groups is 1. The van der Waals surface area contributed by atoms with Crippen LogP contribution in [0.3, 0.4) is 0 Å². The Kier molecular flexibility index (Phi) is 8.23. The highest BCUT2D eigenvalue weighted by Gasteiger charge is 2.32. The molecule has 0 aromatic carbocycles. The Bertz CT molecular complexity index is 189. The average molecular weight is 249 g/mol. The van der Waals surface area contributed by atoms with Crippen molar-refractivity contribution >= 4 is 14.7 Å². The van der Waals surface area contributed by atoms with Crippen molar-refractivity contribution in [3.8, 4) is 0 Å². The van der Waals surface area contributed by atoms with Gasteiger partial charge in [0.2, 0.25) is 0 Å². The SMILES string of the molecule is CC[Si](CCCCNC(=O)OC)(OC)OC. The zero-order valence-electron chi connectivity index (χ0n) is 10.7. The number of hydrogen-bond donors (Lipinski definition) is 1. The van der Waals surface area contributed by atoms with Crippen LogP contribution in [0.1, 0.15) is 19.8 Å². The van der Waals surface area contributed by atoms with Crippen molar-refractivity contribution in [3.05, 3.63) is 0 Å². The molecule has 0 atom stereocenters. The van der Waals surface area contributed by atoms with Crippen LogP contribution >= 0.6 is 0 Å². The number of ether oxygens (including phenoxy) is 1. The van der Waals surface area contributed by atoms with Crippen molar-refractivity contribution in [1.82, 2.24) is 5.32 Å². The molecule has 0 fully saturated rings. The third-order valence-electron chi connectivity index (χ3n) is 2.72. The van der Waals surface area contributed by atoms with E-state index in [1.165, 1.54) is 7.11 Å². The molecule has 0 aliphatic rings. The van der Waals surface area contributed by atoms with E-state index < -0.39 is 8.56 Å². The lowest BCUT2D eigenvalue weighted by Gasteiger charge is -2.25. The van der Waals surface area contributed by atoms with Gasteiger partial charge in [-0.15, -0.1) is 0 Å². The summed E-state index contributed by atoms with van der Waals surface area (Å²) in [5, 5.41) is 2.65. The van der Waals surface area contributed by atoms with Crippen LogP contribution in [0, 0.1) is 0 Å². The second-order valence-corrected chi connectivity index (χ2v) is 7.39. The van der Waals surface area contributed by atoms with Crippen LogP contribution in [-0.4, -0.2) is 42.5 Å². The molecule has 0 bridgehead atoms. The fourth-order valence-corrected chi connectivity index (χ4v) is 3.83. The van der Waals surface area contributed by atoms with Crippen molar-refractivity contribution in [2.45, 2.75) is 31.9 Å². The molecule has 5 nitrogen and oxygen atoms in total. The first-order valence-electron chi connectivity index (χ1n) is 5.56. The summed E-state index contributed by atoms with van der Waals surface area (Å²) in [6.45, 7) is 2.72. The second-order valence-electron chi connectivity index (χ2n) is 3.55. The Labute approximate surface area is 98.7 Å². The average Bonchev–Trinajstić information content (AvgIpc) is 2.34. The quantitative estimate of drug-likeness (QED) is 0.527. The van der Waals surface area contributed by atoms with E-state index in [4.69, 9.17) is 8.85 Å². The van der Waals surface area contributed by atoms with Crippen LogP contribution in [0.4, 0.5) is 4.79 Å². The molecule has 0 radical (unpaired) electrons. The fraction of sp³-hybridized carbons (Fsp3) is 0.900. The Balaban J connectivity index is 3.67. The molecule has 0 aromatic rings. The van der Waals surface area contributed by atoms with Gasteiger partial charge in [-0.3, -0.25) is 0 Å². The van der Waals surface area contributed by atoms with Crippen LogP contribution in [0.2, 0.25) is 12.1 Å². The van der Waals surface area contributed by atoms with Gasteiger partial charge < -0.3 is 18.9 Å². The lowest BCUT2D eigenvalue weighted by atomic mass is 10.3. The van der Waals surface area contributed by atoms with E-state index >= 15 is 0 Å². The normalized spacial score (nSPS) is 11.2. The van der Waals surface area contributed by atoms with Gasteiger partial charge in [0.15, 0.2) is 0 Å². The van der Waals surface area contributed by atoms with E-state index in [0.29, 0.717) is 6.54 Å². The minimum Gasteiger partial charge on any atom is -0.453 e. The molecule has 0 rings (SSSR count). The smallest absolute Gasteiger partial charge is 0.406 e. The standard InChI is InChI=1S/C10H23NO4Si/c1-5-16(14-3,15-4)9-7-6-8-11-10(12)13-2/h5-9H2,1-4H3,(H,11,12). The van der Waals surface area contributed by atoms with E-state index in [1.807, 2.05) is 0 Å². The molecule has 0 aliphatic heterocycles. The van der Waals surface area contributed by atoms with Gasteiger partial charge in [-0.25, -0.2) is 4.79 Å². The van der Waals surface area contributed by atoms with Crippen LogP contribution in [0.15, 0.2) is 0 Å². The Morgan fingerprint density at radius 3 is 2.25 bits per heavy atom. The lowest BCUT2D eigenvalue weighted by Crippen LogP contribution is -2.39. The van der Waals surface area contributed by atoms with E-state index in [1.54, 1.807) is 14.2 Å². The summed E-state index contributed by atoms with van der Waals surface area (Å²) in [4.78, 5) is 10.8. The number of carbonyl (C=O) groups excluding carboxylic acids is 1. The fourth-order valence-electron chi connectivity index (χ4n) is 1.53. The molecule has 96 valence electrons. The second kappa shape index (κ2) is 8.55. The molecule has 0 saturated carbocycles. The first-order chi connectivity index (χ1) is 7.64. The van der Waals surface area contributed by atoms with Crippen molar-refractivity contribution in [1.29, 1.82) is 0 Å². The maximum atomic E-state index is 10.8. The molecule has 1 amide bonds. The topological polar surface area (TPSA) is 56.8 Å². The number of alkyl carbamates (subject to hydrolysis) is 1. The highest BCUT2D eigenvalue weighted by Crippen LogP contribution is 2.19. The summed E-state index contributed by atoms with van der Waals surface area (Å²) in [6.07, 6.45) is 1.53. The Morgan fingerprint density at radius 1 is 1.19 bits per heavy atom. The minimum absolute atomic E-state index is 0.377. The number of nitrogens with one attached hydrogen (secondary N) is 1. The molecule has 0 aliphatic carbocycles. The first kappa shape index (κ1) is 15.4. The molecular weight excluding hydrogens is 226 g/mol. The number of amides is 1. The first-order valence-corrected chi connectivity index (χ1v) is 7.79. The number of hydrogen-bond acceptors (Lipinski definition) is 4. The van der Waals surface area contributed by atoms with E-state index in [0.717, 1.165) is 24.9 Å². The van der Waals surface area contributed by atoms with Crippen LogP contribution in [0.5, 0.6) is 0 Å². The maximum Gasteiger partial charge on any atom is 0.406 e. The van der Waals surface area contributed by atoms with Crippen molar-refractivity contribution in [2.24, 2.45) is 0 Å². The number of methoxy groups -OCH3 is 1. The summed E-state index contributed by atoms with van der Waals surface area (Å²) in [5.41, 5.74) is 0. The Hall–Kier alpha value is -0.593. The van der Waals surface area contributed by atoms with Gasteiger partial charge in [0.05, 0.1) is 7.11 Å². The summed E-state index contributed by atoms with van der Waals surface area (Å²) >= 11 is 0. The van der Waals surface area contributed by atoms with Gasteiger partial charge in [0.1, 0.15) is 0 Å². The third kappa shape index (κ3) is 5.48. The number of unbranched alkanes of at least 4 members (excludes halogenated alkanes) is 1. The largest absolute Gasteiger partial charge is 0.453 e. The zero-order valence-corrected chi connectivity index (χ0v) is 11.7. The van der Waals surface area contributed by atoms with Gasteiger partial charge >= 0.3 is 14.7 Å². The van der Waals surface area contributed by atoms with E-state index in [9.17, 15) is 4.79 Å². The molecular formula is C10H23NO4Si. The van der Waals surface area contributed by atoms with Crippen molar-refractivity contribution < 1.29 is 18.4 Å². The summed E-state index contributed by atoms with van der Waals surface area (Å²) in [5.74, 6) is 0. The third-order valence-corrected chi connectivity index (χ3v) is 6.40. The molecule has 16 heavy (non-hydrogen) atoms. The van der Waals surface area contributed by atoms with Gasteiger partial charge in [-0.1, -0.05) is 6.92 Å². The zero-order chi connectivity index (χ0) is 12.4.